The Balaban J connectivity index is 2.67. The molecule has 1 aromatic rings. The Labute approximate surface area is 94.5 Å². The summed E-state index contributed by atoms with van der Waals surface area (Å²) in [6, 6.07) is 0. The molecule has 0 radical (unpaired) electrons. The third-order valence-electron chi connectivity index (χ3n) is 1.96. The zero-order valence-corrected chi connectivity index (χ0v) is 10.0. The fourth-order valence-corrected chi connectivity index (χ4v) is 1.02. The van der Waals surface area contributed by atoms with E-state index >= 15 is 0 Å². The molecule has 0 aromatic carbocycles. The average Bonchev–Trinajstić information content (AvgIpc) is 2.61. The summed E-state index contributed by atoms with van der Waals surface area (Å²) < 4.78 is 0. The van der Waals surface area contributed by atoms with Crippen molar-refractivity contribution in [2.24, 2.45) is 0 Å². The number of hydrogen-bond acceptors (Lipinski definition) is 4. The first kappa shape index (κ1) is 12.6. The number of aliphatic hydroxyl groups excluding tert-OH is 1. The molecule has 0 fully saturated rings. The van der Waals surface area contributed by atoms with Gasteiger partial charge in [-0.05, 0) is 6.92 Å². The summed E-state index contributed by atoms with van der Waals surface area (Å²) in [6.07, 6.45) is -0.579. The van der Waals surface area contributed by atoms with Gasteiger partial charge in [-0.1, -0.05) is 20.8 Å². The van der Waals surface area contributed by atoms with Gasteiger partial charge in [0, 0.05) is 12.0 Å². The maximum absolute atomic E-state index is 11.5. The quantitative estimate of drug-likeness (QED) is 0.687. The number of hydrogen-bond donors (Lipinski definition) is 3. The van der Waals surface area contributed by atoms with Crippen LogP contribution >= 0.6 is 0 Å². The lowest BCUT2D eigenvalue weighted by molar-refractivity contribution is 0.0914. The molecule has 1 rings (SSSR count). The maximum atomic E-state index is 11.5. The predicted molar refractivity (Wildman–Crippen MR) is 59.1 cm³/mol. The van der Waals surface area contributed by atoms with Gasteiger partial charge in [-0.25, -0.2) is 4.98 Å². The molecule has 1 amide bonds. The number of nitrogens with zero attached hydrogens (tertiary/aromatic N) is 2. The second kappa shape index (κ2) is 4.61. The van der Waals surface area contributed by atoms with Gasteiger partial charge in [-0.3, -0.25) is 9.89 Å². The van der Waals surface area contributed by atoms with Gasteiger partial charge in [-0.15, -0.1) is 5.10 Å². The molecule has 0 aliphatic carbocycles. The highest BCUT2D eigenvalue weighted by molar-refractivity contribution is 5.90. The first-order valence-corrected chi connectivity index (χ1v) is 5.20. The minimum atomic E-state index is -0.579. The summed E-state index contributed by atoms with van der Waals surface area (Å²) in [5, 5.41) is 18.1. The smallest absolute Gasteiger partial charge is 0.291 e. The van der Waals surface area contributed by atoms with Crippen LogP contribution in [0, 0.1) is 0 Å². The number of rotatable bonds is 3. The molecule has 1 heterocycles. The minimum absolute atomic E-state index is 0.102. The summed E-state index contributed by atoms with van der Waals surface area (Å²) in [5.41, 5.74) is -0.171. The molecule has 90 valence electrons. The largest absolute Gasteiger partial charge is 0.392 e. The van der Waals surface area contributed by atoms with Crippen LogP contribution < -0.4 is 5.32 Å². The number of amides is 1. The molecule has 1 atom stereocenters. The maximum Gasteiger partial charge on any atom is 0.291 e. The molecule has 0 aliphatic heterocycles. The van der Waals surface area contributed by atoms with Crippen LogP contribution in [0.5, 0.6) is 0 Å². The highest BCUT2D eigenvalue weighted by atomic mass is 16.3. The molecule has 16 heavy (non-hydrogen) atoms. The fraction of sp³-hybridized carbons (Fsp3) is 0.700. The van der Waals surface area contributed by atoms with Crippen LogP contribution in [0.3, 0.4) is 0 Å². The van der Waals surface area contributed by atoms with E-state index in [9.17, 15) is 4.79 Å². The van der Waals surface area contributed by atoms with Crippen LogP contribution in [0.15, 0.2) is 0 Å². The van der Waals surface area contributed by atoms with Gasteiger partial charge in [0.2, 0.25) is 5.82 Å². The van der Waals surface area contributed by atoms with E-state index in [1.165, 1.54) is 0 Å². The van der Waals surface area contributed by atoms with E-state index in [0.717, 1.165) is 0 Å². The molecule has 0 saturated carbocycles. The Kier molecular flexibility index (Phi) is 3.64. The van der Waals surface area contributed by atoms with Crippen LogP contribution in [0.4, 0.5) is 0 Å². The number of aromatic nitrogens is 3. The fourth-order valence-electron chi connectivity index (χ4n) is 1.02. The van der Waals surface area contributed by atoms with Crippen molar-refractivity contribution in [3.63, 3.8) is 0 Å². The van der Waals surface area contributed by atoms with E-state index in [0.29, 0.717) is 5.82 Å². The Morgan fingerprint density at radius 2 is 2.19 bits per heavy atom. The lowest BCUT2D eigenvalue weighted by Gasteiger charge is -2.12. The van der Waals surface area contributed by atoms with Gasteiger partial charge >= 0.3 is 0 Å². The lowest BCUT2D eigenvalue weighted by Crippen LogP contribution is -2.31. The third kappa shape index (κ3) is 3.30. The van der Waals surface area contributed by atoms with Crippen molar-refractivity contribution >= 4 is 5.91 Å². The molecule has 3 N–H and O–H groups in total. The molecule has 6 heteroatoms. The number of nitrogens with one attached hydrogen (secondary N) is 2. The summed E-state index contributed by atoms with van der Waals surface area (Å²) >= 11 is 0. The van der Waals surface area contributed by atoms with Gasteiger partial charge in [0.05, 0.1) is 6.10 Å². The third-order valence-corrected chi connectivity index (χ3v) is 1.96. The van der Waals surface area contributed by atoms with Crippen molar-refractivity contribution in [3.8, 4) is 0 Å². The molecule has 6 nitrogen and oxygen atoms in total. The normalized spacial score (nSPS) is 13.6. The highest BCUT2D eigenvalue weighted by Crippen LogP contribution is 2.17. The van der Waals surface area contributed by atoms with E-state index in [1.54, 1.807) is 6.92 Å². The Bertz CT molecular complexity index is 365. The van der Waals surface area contributed by atoms with E-state index in [4.69, 9.17) is 5.11 Å². The highest BCUT2D eigenvalue weighted by Gasteiger charge is 2.21. The van der Waals surface area contributed by atoms with E-state index < -0.39 is 6.10 Å². The van der Waals surface area contributed by atoms with Crippen molar-refractivity contribution < 1.29 is 9.90 Å². The molecule has 0 aliphatic rings. The van der Waals surface area contributed by atoms with Gasteiger partial charge in [0.1, 0.15) is 5.82 Å². The summed E-state index contributed by atoms with van der Waals surface area (Å²) in [4.78, 5) is 15.6. The standard InChI is InChI=1S/C10H18N4O2/c1-6(15)5-11-8(16)7-12-9(14-13-7)10(2,3)4/h6,15H,5H2,1-4H3,(H,11,16)(H,12,13,14)/t6-/m1/s1. The van der Waals surface area contributed by atoms with E-state index in [1.807, 2.05) is 20.8 Å². The van der Waals surface area contributed by atoms with Gasteiger partial charge in [0.15, 0.2) is 0 Å². The zero-order chi connectivity index (χ0) is 12.3. The van der Waals surface area contributed by atoms with Crippen LogP contribution in [0.2, 0.25) is 0 Å². The first-order chi connectivity index (χ1) is 7.30. The zero-order valence-electron chi connectivity index (χ0n) is 10.0. The SMILES string of the molecule is C[C@@H](O)CNC(=O)c1n[nH]c(C(C)(C)C)n1. The van der Waals surface area contributed by atoms with Gasteiger partial charge < -0.3 is 10.4 Å². The number of carbonyl (C=O) groups excluding carboxylic acids is 1. The molecule has 0 spiro atoms. The first-order valence-electron chi connectivity index (χ1n) is 5.20. The molecule has 0 saturated heterocycles. The number of carbonyl (C=O) groups is 1. The summed E-state index contributed by atoms with van der Waals surface area (Å²) in [5.74, 6) is 0.382. The second-order valence-corrected chi connectivity index (χ2v) is 4.82. The molecule has 1 aromatic heterocycles. The van der Waals surface area contributed by atoms with Crippen molar-refractivity contribution in [3.05, 3.63) is 11.6 Å². The van der Waals surface area contributed by atoms with Crippen LogP contribution in [0.25, 0.3) is 0 Å². The average molecular weight is 226 g/mol. The number of aromatic amines is 1. The monoisotopic (exact) mass is 226 g/mol. The Morgan fingerprint density at radius 1 is 1.56 bits per heavy atom. The number of H-pyrrole nitrogens is 1. The minimum Gasteiger partial charge on any atom is -0.392 e. The Morgan fingerprint density at radius 3 is 2.62 bits per heavy atom. The topological polar surface area (TPSA) is 90.9 Å². The van der Waals surface area contributed by atoms with Crippen molar-refractivity contribution in [1.82, 2.24) is 20.5 Å². The van der Waals surface area contributed by atoms with Gasteiger partial charge in [0.25, 0.3) is 5.91 Å². The van der Waals surface area contributed by atoms with Gasteiger partial charge in [-0.2, -0.15) is 0 Å². The Hall–Kier alpha value is -1.43. The molecular formula is C10H18N4O2. The molecular weight excluding hydrogens is 208 g/mol. The summed E-state index contributed by atoms with van der Waals surface area (Å²) in [6.45, 7) is 7.72. The van der Waals surface area contributed by atoms with Crippen LogP contribution in [-0.4, -0.2) is 38.8 Å². The van der Waals surface area contributed by atoms with Crippen LogP contribution in [0.1, 0.15) is 44.1 Å². The predicted octanol–water partition coefficient (Wildman–Crippen LogP) is 0.213. The van der Waals surface area contributed by atoms with Crippen molar-refractivity contribution in [2.75, 3.05) is 6.54 Å². The number of aliphatic hydroxyl groups is 1. The van der Waals surface area contributed by atoms with E-state index in [2.05, 4.69) is 20.5 Å². The van der Waals surface area contributed by atoms with Crippen LogP contribution in [-0.2, 0) is 5.41 Å². The van der Waals surface area contributed by atoms with Crippen molar-refractivity contribution in [1.29, 1.82) is 0 Å². The second-order valence-electron chi connectivity index (χ2n) is 4.82. The van der Waals surface area contributed by atoms with E-state index in [-0.39, 0.29) is 23.7 Å². The summed E-state index contributed by atoms with van der Waals surface area (Å²) in [7, 11) is 0. The van der Waals surface area contributed by atoms with Crippen molar-refractivity contribution in [2.45, 2.75) is 39.2 Å². The molecule has 0 bridgehead atoms. The lowest BCUT2D eigenvalue weighted by atomic mass is 9.96. The molecule has 0 unspecified atom stereocenters.